The van der Waals surface area contributed by atoms with E-state index in [1.165, 1.54) is 0 Å². The van der Waals surface area contributed by atoms with Crippen LogP contribution in [-0.2, 0) is 20.7 Å². The number of hydrogen-bond acceptors (Lipinski definition) is 4. The zero-order valence-corrected chi connectivity index (χ0v) is 16.0. The number of likely N-dealkylation sites (N-methyl/N-ethyl adjacent to an activating group) is 2. The van der Waals surface area contributed by atoms with Crippen LogP contribution in [0.25, 0.3) is 0 Å². The molecule has 3 rings (SSSR count). The van der Waals surface area contributed by atoms with Crippen molar-refractivity contribution in [3.63, 3.8) is 0 Å². The molecule has 2 atom stereocenters. The molecule has 1 aliphatic heterocycles. The van der Waals surface area contributed by atoms with Crippen molar-refractivity contribution in [3.05, 3.63) is 65.5 Å². The summed E-state index contributed by atoms with van der Waals surface area (Å²) in [6.45, 7) is 2.44. The minimum absolute atomic E-state index is 0.0800. The molecule has 0 N–H and O–H groups in total. The molecule has 2 amide bonds. The smallest absolute Gasteiger partial charge is 0.254 e. The molecule has 1 aromatic carbocycles. The molecule has 0 bridgehead atoms. The molecule has 27 heavy (non-hydrogen) atoms. The number of morpholine rings is 1. The van der Waals surface area contributed by atoms with Gasteiger partial charge in [0.15, 0.2) is 6.10 Å². The Labute approximate surface area is 159 Å². The molecule has 142 valence electrons. The quantitative estimate of drug-likeness (QED) is 0.811. The normalized spacial score (nSPS) is 19.8. The van der Waals surface area contributed by atoms with Gasteiger partial charge in [-0.05, 0) is 30.2 Å². The van der Waals surface area contributed by atoms with Gasteiger partial charge >= 0.3 is 0 Å². The van der Waals surface area contributed by atoms with Gasteiger partial charge in [0.05, 0.1) is 6.04 Å². The fourth-order valence-corrected chi connectivity index (χ4v) is 3.36. The Bertz CT molecular complexity index is 809. The number of nitrogens with zero attached hydrogens (tertiary/aromatic N) is 3. The summed E-state index contributed by atoms with van der Waals surface area (Å²) in [5, 5.41) is 0. The molecule has 1 aliphatic rings. The Balaban J connectivity index is 1.78. The Morgan fingerprint density at radius 1 is 1.26 bits per heavy atom. The molecule has 2 heterocycles. The van der Waals surface area contributed by atoms with E-state index in [0.717, 1.165) is 16.8 Å². The van der Waals surface area contributed by atoms with Crippen LogP contribution < -0.4 is 0 Å². The molecule has 2 aromatic rings. The highest BCUT2D eigenvalue weighted by Crippen LogP contribution is 2.31. The summed E-state index contributed by atoms with van der Waals surface area (Å²) in [5.41, 5.74) is 2.90. The molecule has 6 heteroatoms. The molecule has 0 spiro atoms. The molecule has 0 aliphatic carbocycles. The van der Waals surface area contributed by atoms with Crippen molar-refractivity contribution < 1.29 is 14.3 Å². The van der Waals surface area contributed by atoms with Gasteiger partial charge in [-0.15, -0.1) is 0 Å². The maximum atomic E-state index is 13.1. The maximum Gasteiger partial charge on any atom is 0.254 e. The number of aromatic nitrogens is 1. The Morgan fingerprint density at radius 2 is 2.00 bits per heavy atom. The largest absolute Gasteiger partial charge is 0.356 e. The van der Waals surface area contributed by atoms with E-state index in [-0.39, 0.29) is 18.4 Å². The van der Waals surface area contributed by atoms with E-state index in [0.29, 0.717) is 13.0 Å². The molecule has 0 unspecified atom stereocenters. The van der Waals surface area contributed by atoms with E-state index in [1.807, 2.05) is 49.4 Å². The number of carbonyl (C=O) groups is 2. The fraction of sp³-hybridized carbons (Fsp3) is 0.381. The lowest BCUT2D eigenvalue weighted by atomic mass is 9.93. The minimum Gasteiger partial charge on any atom is -0.356 e. The van der Waals surface area contributed by atoms with E-state index < -0.39 is 12.1 Å². The van der Waals surface area contributed by atoms with Gasteiger partial charge in [-0.1, -0.05) is 30.3 Å². The Kier molecular flexibility index (Phi) is 5.86. The van der Waals surface area contributed by atoms with E-state index >= 15 is 0 Å². The summed E-state index contributed by atoms with van der Waals surface area (Å²) >= 11 is 0. The van der Waals surface area contributed by atoms with Crippen LogP contribution in [0.5, 0.6) is 0 Å². The van der Waals surface area contributed by atoms with Gasteiger partial charge in [-0.25, -0.2) is 0 Å². The number of rotatable bonds is 5. The molecule has 0 radical (unpaired) electrons. The minimum atomic E-state index is -0.720. The third-order valence-electron chi connectivity index (χ3n) is 5.04. The molecular weight excluding hydrogens is 342 g/mol. The lowest BCUT2D eigenvalue weighted by Crippen LogP contribution is -2.53. The molecule has 0 saturated carbocycles. The summed E-state index contributed by atoms with van der Waals surface area (Å²) in [4.78, 5) is 32.9. The second-order valence-electron chi connectivity index (χ2n) is 6.87. The van der Waals surface area contributed by atoms with Crippen LogP contribution in [-0.4, -0.2) is 59.9 Å². The van der Waals surface area contributed by atoms with Gasteiger partial charge in [0.1, 0.15) is 6.61 Å². The second kappa shape index (κ2) is 8.31. The SMILES string of the molecule is Cc1ccccc1[C@@H]1[C@@H](C(=O)N(C)CCc2ccccn2)OCC(=O)N1C. The fourth-order valence-electron chi connectivity index (χ4n) is 3.36. The van der Waals surface area contributed by atoms with Crippen molar-refractivity contribution in [2.75, 3.05) is 27.2 Å². The number of ether oxygens (including phenoxy) is 1. The number of aryl methyl sites for hydroxylation is 1. The van der Waals surface area contributed by atoms with E-state index in [4.69, 9.17) is 4.74 Å². The predicted octanol–water partition coefficient (Wildman–Crippen LogP) is 1.99. The second-order valence-corrected chi connectivity index (χ2v) is 6.87. The van der Waals surface area contributed by atoms with Gasteiger partial charge in [-0.2, -0.15) is 0 Å². The van der Waals surface area contributed by atoms with Crippen molar-refractivity contribution in [2.45, 2.75) is 25.5 Å². The third kappa shape index (κ3) is 4.17. The first-order valence-electron chi connectivity index (χ1n) is 9.06. The highest BCUT2D eigenvalue weighted by atomic mass is 16.5. The van der Waals surface area contributed by atoms with Crippen molar-refractivity contribution in [3.8, 4) is 0 Å². The highest BCUT2D eigenvalue weighted by molar-refractivity contribution is 5.86. The molecule has 1 aromatic heterocycles. The van der Waals surface area contributed by atoms with E-state index in [9.17, 15) is 9.59 Å². The van der Waals surface area contributed by atoms with Gasteiger partial charge in [0.25, 0.3) is 5.91 Å². The molecule has 1 fully saturated rings. The van der Waals surface area contributed by atoms with Crippen molar-refractivity contribution >= 4 is 11.8 Å². The van der Waals surface area contributed by atoms with E-state index in [1.54, 1.807) is 30.1 Å². The molecule has 6 nitrogen and oxygen atoms in total. The zero-order valence-electron chi connectivity index (χ0n) is 16.0. The lowest BCUT2D eigenvalue weighted by molar-refractivity contribution is -0.166. The summed E-state index contributed by atoms with van der Waals surface area (Å²) in [6, 6.07) is 13.1. The summed E-state index contributed by atoms with van der Waals surface area (Å²) in [5.74, 6) is -0.248. The number of carbonyl (C=O) groups excluding carboxylic acids is 2. The van der Waals surface area contributed by atoms with E-state index in [2.05, 4.69) is 4.98 Å². The lowest BCUT2D eigenvalue weighted by Gasteiger charge is -2.40. The van der Waals surface area contributed by atoms with Crippen LogP contribution in [0.2, 0.25) is 0 Å². The van der Waals surface area contributed by atoms with Gasteiger partial charge in [0.2, 0.25) is 5.91 Å². The third-order valence-corrected chi connectivity index (χ3v) is 5.04. The number of benzene rings is 1. The average Bonchev–Trinajstić information content (AvgIpc) is 2.69. The number of hydrogen-bond donors (Lipinski definition) is 0. The van der Waals surface area contributed by atoms with Crippen LogP contribution in [0.4, 0.5) is 0 Å². The summed E-state index contributed by atoms with van der Waals surface area (Å²) < 4.78 is 5.72. The van der Waals surface area contributed by atoms with Crippen LogP contribution >= 0.6 is 0 Å². The first kappa shape index (κ1) is 19.0. The van der Waals surface area contributed by atoms with Crippen LogP contribution in [0.1, 0.15) is 22.9 Å². The summed E-state index contributed by atoms with van der Waals surface area (Å²) in [6.07, 6.45) is 1.69. The Morgan fingerprint density at radius 3 is 2.70 bits per heavy atom. The van der Waals surface area contributed by atoms with Crippen LogP contribution in [0.15, 0.2) is 48.7 Å². The number of pyridine rings is 1. The van der Waals surface area contributed by atoms with Crippen LogP contribution in [0, 0.1) is 6.92 Å². The average molecular weight is 367 g/mol. The van der Waals surface area contributed by atoms with Crippen LogP contribution in [0.3, 0.4) is 0 Å². The first-order valence-corrected chi connectivity index (χ1v) is 9.06. The molecule has 1 saturated heterocycles. The monoisotopic (exact) mass is 367 g/mol. The number of amides is 2. The highest BCUT2D eigenvalue weighted by Gasteiger charge is 2.41. The van der Waals surface area contributed by atoms with Crippen molar-refractivity contribution in [1.82, 2.24) is 14.8 Å². The maximum absolute atomic E-state index is 13.1. The topological polar surface area (TPSA) is 62.7 Å². The van der Waals surface area contributed by atoms with Crippen molar-refractivity contribution in [1.29, 1.82) is 0 Å². The zero-order chi connectivity index (χ0) is 19.4. The Hall–Kier alpha value is -2.73. The summed E-state index contributed by atoms with van der Waals surface area (Å²) in [7, 11) is 3.50. The van der Waals surface area contributed by atoms with Crippen molar-refractivity contribution in [2.24, 2.45) is 0 Å². The first-order chi connectivity index (χ1) is 13.0. The van der Waals surface area contributed by atoms with Gasteiger partial charge in [-0.3, -0.25) is 14.6 Å². The standard InChI is InChI=1S/C21H25N3O3/c1-15-8-4-5-10-17(15)19-20(27-14-18(25)24(19)3)21(26)23(2)13-11-16-9-6-7-12-22-16/h4-10,12,19-20H,11,13-14H2,1-3H3/t19-,20+/m1/s1. The van der Waals surface area contributed by atoms with Gasteiger partial charge < -0.3 is 14.5 Å². The predicted molar refractivity (Wildman–Crippen MR) is 102 cm³/mol. The van der Waals surface area contributed by atoms with Gasteiger partial charge in [0, 0.05) is 39.0 Å². The molecular formula is C21H25N3O3.